The maximum absolute atomic E-state index is 12.2. The minimum Gasteiger partial charge on any atom is -0.333 e. The van der Waals surface area contributed by atoms with E-state index in [4.69, 9.17) is 10.7 Å². The van der Waals surface area contributed by atoms with Gasteiger partial charge in [0.25, 0.3) is 0 Å². The lowest BCUT2D eigenvalue weighted by molar-refractivity contribution is -0.117. The normalized spacial score (nSPS) is 18.6. The molecule has 8 heteroatoms. The quantitative estimate of drug-likeness (QED) is 0.769. The molecular weight excluding hydrogens is 338 g/mol. The maximum atomic E-state index is 12.2. The van der Waals surface area contributed by atoms with Crippen molar-refractivity contribution < 1.29 is 13.2 Å². The number of benzene rings is 1. The standard InChI is InChI=1S/C15H16ClN3O3S/c16-23(21,22)10-13-7-15(20)19(9-13)14-3-1-2-12(6-14)8-18-5-4-17-11-18/h1-6,11,13H,7-10H2. The molecular formula is C15H16ClN3O3S. The Balaban J connectivity index is 1.75. The average Bonchev–Trinajstić information content (AvgIpc) is 3.07. The fourth-order valence-corrected chi connectivity index (χ4v) is 4.16. The van der Waals surface area contributed by atoms with E-state index < -0.39 is 9.05 Å². The van der Waals surface area contributed by atoms with Gasteiger partial charge >= 0.3 is 0 Å². The van der Waals surface area contributed by atoms with Crippen LogP contribution in [-0.4, -0.2) is 36.2 Å². The molecule has 3 rings (SSSR count). The fourth-order valence-electron chi connectivity index (χ4n) is 2.84. The molecule has 0 radical (unpaired) electrons. The van der Waals surface area contributed by atoms with Crippen molar-refractivity contribution in [2.45, 2.75) is 13.0 Å². The SMILES string of the molecule is O=C1CC(CS(=O)(=O)Cl)CN1c1cccc(Cn2ccnc2)c1. The highest BCUT2D eigenvalue weighted by Crippen LogP contribution is 2.27. The molecule has 1 aromatic heterocycles. The molecule has 0 aliphatic carbocycles. The Labute approximate surface area is 139 Å². The summed E-state index contributed by atoms with van der Waals surface area (Å²) >= 11 is 0. The van der Waals surface area contributed by atoms with E-state index in [-0.39, 0.29) is 24.0 Å². The molecule has 0 N–H and O–H groups in total. The van der Waals surface area contributed by atoms with Gasteiger partial charge in [-0.15, -0.1) is 0 Å². The van der Waals surface area contributed by atoms with Gasteiger partial charge in [-0.2, -0.15) is 0 Å². The number of nitrogens with zero attached hydrogens (tertiary/aromatic N) is 3. The molecule has 122 valence electrons. The van der Waals surface area contributed by atoms with Crippen molar-refractivity contribution in [2.24, 2.45) is 5.92 Å². The summed E-state index contributed by atoms with van der Waals surface area (Å²) in [5, 5.41) is 0. The van der Waals surface area contributed by atoms with Crippen LogP contribution >= 0.6 is 10.7 Å². The second kappa shape index (κ2) is 6.33. The van der Waals surface area contributed by atoms with Gasteiger partial charge < -0.3 is 9.47 Å². The summed E-state index contributed by atoms with van der Waals surface area (Å²) in [6, 6.07) is 7.66. The number of halogens is 1. The third kappa shape index (κ3) is 4.11. The molecule has 6 nitrogen and oxygen atoms in total. The summed E-state index contributed by atoms with van der Waals surface area (Å²) in [6.07, 6.45) is 5.52. The van der Waals surface area contributed by atoms with E-state index in [1.165, 1.54) is 0 Å². The van der Waals surface area contributed by atoms with Gasteiger partial charge in [-0.1, -0.05) is 12.1 Å². The fraction of sp³-hybridized carbons (Fsp3) is 0.333. The van der Waals surface area contributed by atoms with Crippen molar-refractivity contribution >= 4 is 31.3 Å². The molecule has 1 aliphatic heterocycles. The molecule has 1 amide bonds. The highest BCUT2D eigenvalue weighted by Gasteiger charge is 2.33. The van der Waals surface area contributed by atoms with Crippen LogP contribution in [0.4, 0.5) is 5.69 Å². The first kappa shape index (κ1) is 16.0. The molecule has 1 aliphatic rings. The zero-order chi connectivity index (χ0) is 16.4. The van der Waals surface area contributed by atoms with E-state index >= 15 is 0 Å². The first-order valence-electron chi connectivity index (χ1n) is 7.18. The molecule has 2 aromatic rings. The molecule has 2 heterocycles. The van der Waals surface area contributed by atoms with Gasteiger partial charge in [0, 0.05) is 54.2 Å². The second-order valence-electron chi connectivity index (χ2n) is 5.68. The van der Waals surface area contributed by atoms with Crippen LogP contribution in [0.2, 0.25) is 0 Å². The Morgan fingerprint density at radius 1 is 1.35 bits per heavy atom. The topological polar surface area (TPSA) is 72.3 Å². The smallest absolute Gasteiger partial charge is 0.232 e. The third-order valence-electron chi connectivity index (χ3n) is 3.79. The molecule has 1 saturated heterocycles. The lowest BCUT2D eigenvalue weighted by Gasteiger charge is -2.17. The number of imidazole rings is 1. The number of rotatable bonds is 5. The van der Waals surface area contributed by atoms with Gasteiger partial charge in [0.05, 0.1) is 12.1 Å². The van der Waals surface area contributed by atoms with Crippen molar-refractivity contribution in [3.8, 4) is 0 Å². The Kier molecular flexibility index (Phi) is 4.41. The van der Waals surface area contributed by atoms with Gasteiger partial charge in [-0.3, -0.25) is 4.79 Å². The number of carbonyl (C=O) groups is 1. The number of aromatic nitrogens is 2. The lowest BCUT2D eigenvalue weighted by atomic mass is 10.1. The third-order valence-corrected chi connectivity index (χ3v) is 5.03. The molecule has 1 atom stereocenters. The van der Waals surface area contributed by atoms with Crippen LogP contribution in [0.1, 0.15) is 12.0 Å². The summed E-state index contributed by atoms with van der Waals surface area (Å²) < 4.78 is 24.3. The maximum Gasteiger partial charge on any atom is 0.232 e. The Morgan fingerprint density at radius 2 is 2.17 bits per heavy atom. The number of anilines is 1. The Hall–Kier alpha value is -1.86. The van der Waals surface area contributed by atoms with Crippen molar-refractivity contribution in [3.05, 3.63) is 48.5 Å². The minimum atomic E-state index is -3.60. The summed E-state index contributed by atoms with van der Waals surface area (Å²) in [6.45, 7) is 1.04. The van der Waals surface area contributed by atoms with Crippen LogP contribution < -0.4 is 4.90 Å². The average molecular weight is 354 g/mol. The van der Waals surface area contributed by atoms with Crippen LogP contribution in [0.15, 0.2) is 43.0 Å². The van der Waals surface area contributed by atoms with Crippen molar-refractivity contribution in [1.29, 1.82) is 0 Å². The zero-order valence-electron chi connectivity index (χ0n) is 12.3. The van der Waals surface area contributed by atoms with E-state index in [0.717, 1.165) is 11.3 Å². The number of carbonyl (C=O) groups excluding carboxylic acids is 1. The van der Waals surface area contributed by atoms with E-state index in [2.05, 4.69) is 4.98 Å². The van der Waals surface area contributed by atoms with Gasteiger partial charge in [-0.05, 0) is 17.7 Å². The molecule has 1 aromatic carbocycles. The molecule has 1 fully saturated rings. The molecule has 23 heavy (non-hydrogen) atoms. The van der Waals surface area contributed by atoms with E-state index in [1.807, 2.05) is 35.0 Å². The molecule has 0 bridgehead atoms. The largest absolute Gasteiger partial charge is 0.333 e. The first-order valence-corrected chi connectivity index (χ1v) is 9.66. The summed E-state index contributed by atoms with van der Waals surface area (Å²) in [5.74, 6) is -0.511. The monoisotopic (exact) mass is 353 g/mol. The Bertz CT molecular complexity index is 805. The molecule has 0 spiro atoms. The highest BCUT2D eigenvalue weighted by molar-refractivity contribution is 8.13. The van der Waals surface area contributed by atoms with E-state index in [1.54, 1.807) is 17.4 Å². The van der Waals surface area contributed by atoms with Crippen LogP contribution in [0, 0.1) is 5.92 Å². The van der Waals surface area contributed by atoms with Crippen LogP contribution in [0.25, 0.3) is 0 Å². The molecule has 1 unspecified atom stereocenters. The van der Waals surface area contributed by atoms with E-state index in [0.29, 0.717) is 13.1 Å². The van der Waals surface area contributed by atoms with Crippen molar-refractivity contribution in [2.75, 3.05) is 17.2 Å². The van der Waals surface area contributed by atoms with Gasteiger partial charge in [0.1, 0.15) is 0 Å². The van der Waals surface area contributed by atoms with Crippen LogP contribution in [0.5, 0.6) is 0 Å². The molecule has 0 saturated carbocycles. The van der Waals surface area contributed by atoms with Gasteiger partial charge in [0.15, 0.2) is 0 Å². The number of hydrogen-bond acceptors (Lipinski definition) is 4. The number of amides is 1. The van der Waals surface area contributed by atoms with Crippen molar-refractivity contribution in [1.82, 2.24) is 9.55 Å². The minimum absolute atomic E-state index is 0.0740. The number of hydrogen-bond donors (Lipinski definition) is 0. The lowest BCUT2D eigenvalue weighted by Crippen LogP contribution is -2.25. The van der Waals surface area contributed by atoms with Crippen LogP contribution in [-0.2, 0) is 20.4 Å². The predicted octanol–water partition coefficient (Wildman–Crippen LogP) is 1.85. The van der Waals surface area contributed by atoms with Crippen LogP contribution in [0.3, 0.4) is 0 Å². The Morgan fingerprint density at radius 3 is 2.87 bits per heavy atom. The van der Waals surface area contributed by atoms with E-state index in [9.17, 15) is 13.2 Å². The predicted molar refractivity (Wildman–Crippen MR) is 87.9 cm³/mol. The van der Waals surface area contributed by atoms with Gasteiger partial charge in [-0.25, -0.2) is 13.4 Å². The summed E-state index contributed by atoms with van der Waals surface area (Å²) in [5.41, 5.74) is 1.82. The second-order valence-corrected chi connectivity index (χ2v) is 8.51. The first-order chi connectivity index (χ1) is 10.9. The zero-order valence-corrected chi connectivity index (χ0v) is 13.9. The van der Waals surface area contributed by atoms with Gasteiger partial charge in [0.2, 0.25) is 15.0 Å². The highest BCUT2D eigenvalue weighted by atomic mass is 35.7. The van der Waals surface area contributed by atoms with Crippen molar-refractivity contribution in [3.63, 3.8) is 0 Å². The summed E-state index contributed by atoms with van der Waals surface area (Å²) in [7, 11) is 1.70. The summed E-state index contributed by atoms with van der Waals surface area (Å²) in [4.78, 5) is 17.8.